The lowest BCUT2D eigenvalue weighted by molar-refractivity contribution is 0.135. The summed E-state index contributed by atoms with van der Waals surface area (Å²) in [6.07, 6.45) is 35.0. The van der Waals surface area contributed by atoms with Crippen molar-refractivity contribution in [3.05, 3.63) is 12.4 Å². The van der Waals surface area contributed by atoms with Gasteiger partial charge < -0.3 is 9.80 Å². The molecule has 1 rings (SSSR count). The third-order valence-electron chi connectivity index (χ3n) is 7.07. The molecule has 0 aliphatic carbocycles. The van der Waals surface area contributed by atoms with Crippen LogP contribution in [0.15, 0.2) is 12.4 Å². The van der Waals surface area contributed by atoms with Crippen LogP contribution in [-0.2, 0) is 0 Å². The van der Waals surface area contributed by atoms with Crippen molar-refractivity contribution in [1.29, 1.82) is 0 Å². The van der Waals surface area contributed by atoms with Gasteiger partial charge in [0.15, 0.2) is 0 Å². The van der Waals surface area contributed by atoms with E-state index < -0.39 is 0 Å². The minimum atomic E-state index is 0.645. The monoisotopic (exact) mass is 434 g/mol. The predicted octanol–water partition coefficient (Wildman–Crippen LogP) is 9.65. The highest BCUT2D eigenvalue weighted by Crippen LogP contribution is 2.23. The summed E-state index contributed by atoms with van der Waals surface area (Å²) < 4.78 is 0. The maximum absolute atomic E-state index is 2.68. The Morgan fingerprint density at radius 3 is 1.13 bits per heavy atom. The number of hydrogen-bond acceptors (Lipinski definition) is 2. The van der Waals surface area contributed by atoms with Crippen molar-refractivity contribution < 1.29 is 0 Å². The minimum Gasteiger partial charge on any atom is -0.356 e. The van der Waals surface area contributed by atoms with E-state index in [0.29, 0.717) is 6.17 Å². The Hall–Kier alpha value is -0.660. The van der Waals surface area contributed by atoms with E-state index in [1.165, 1.54) is 148 Å². The van der Waals surface area contributed by atoms with Gasteiger partial charge in [-0.1, -0.05) is 130 Å². The highest BCUT2D eigenvalue weighted by atomic mass is 15.4. The molecule has 31 heavy (non-hydrogen) atoms. The molecule has 0 aromatic carbocycles. The highest BCUT2D eigenvalue weighted by Gasteiger charge is 2.24. The van der Waals surface area contributed by atoms with Crippen LogP contribution in [0.1, 0.15) is 156 Å². The molecule has 0 amide bonds. The van der Waals surface area contributed by atoms with Crippen LogP contribution in [0.5, 0.6) is 0 Å². The van der Waals surface area contributed by atoms with Gasteiger partial charge in [-0.2, -0.15) is 0 Å². The van der Waals surface area contributed by atoms with E-state index >= 15 is 0 Å². The topological polar surface area (TPSA) is 6.48 Å². The van der Waals surface area contributed by atoms with Gasteiger partial charge in [-0.3, -0.25) is 0 Å². The van der Waals surface area contributed by atoms with Crippen LogP contribution in [0.2, 0.25) is 0 Å². The van der Waals surface area contributed by atoms with Crippen molar-refractivity contribution in [1.82, 2.24) is 9.80 Å². The number of hydrogen-bond donors (Lipinski definition) is 0. The van der Waals surface area contributed by atoms with Crippen LogP contribution in [-0.4, -0.2) is 29.1 Å². The van der Waals surface area contributed by atoms with Crippen molar-refractivity contribution in [2.45, 2.75) is 162 Å². The molecule has 0 bridgehead atoms. The molecule has 1 atom stereocenters. The molecule has 1 aliphatic heterocycles. The minimum absolute atomic E-state index is 0.645. The Bertz CT molecular complexity index is 392. The van der Waals surface area contributed by atoms with Crippen molar-refractivity contribution >= 4 is 0 Å². The maximum atomic E-state index is 2.68. The molecule has 0 spiro atoms. The Kier molecular flexibility index (Phi) is 19.4. The molecule has 0 radical (unpaired) electrons. The fraction of sp³-hybridized carbons (Fsp3) is 0.931. The molecule has 0 saturated heterocycles. The average Bonchev–Trinajstić information content (AvgIpc) is 3.16. The Morgan fingerprint density at radius 1 is 0.419 bits per heavy atom. The van der Waals surface area contributed by atoms with E-state index in [1.54, 1.807) is 0 Å². The zero-order valence-corrected chi connectivity index (χ0v) is 21.9. The number of nitrogens with zero attached hydrogens (tertiary/aromatic N) is 2. The largest absolute Gasteiger partial charge is 0.356 e. The molecule has 1 unspecified atom stereocenters. The summed E-state index contributed by atoms with van der Waals surface area (Å²) in [6.45, 7) is 9.45. The van der Waals surface area contributed by atoms with Crippen molar-refractivity contribution in [2.24, 2.45) is 0 Å². The fourth-order valence-corrected chi connectivity index (χ4v) is 4.95. The van der Waals surface area contributed by atoms with Crippen molar-refractivity contribution in [3.8, 4) is 0 Å². The van der Waals surface area contributed by atoms with Gasteiger partial charge in [0.05, 0.1) is 0 Å². The first-order valence-electron chi connectivity index (χ1n) is 14.5. The van der Waals surface area contributed by atoms with Crippen LogP contribution in [0, 0.1) is 0 Å². The van der Waals surface area contributed by atoms with E-state index in [4.69, 9.17) is 0 Å². The average molecular weight is 435 g/mol. The summed E-state index contributed by atoms with van der Waals surface area (Å²) in [5.41, 5.74) is 0. The smallest absolute Gasteiger partial charge is 0.101 e. The zero-order chi connectivity index (χ0) is 22.4. The molecule has 2 nitrogen and oxygen atoms in total. The van der Waals surface area contributed by atoms with Crippen LogP contribution >= 0.6 is 0 Å². The third kappa shape index (κ3) is 14.9. The lowest BCUT2D eigenvalue weighted by Gasteiger charge is -2.33. The van der Waals surface area contributed by atoms with Gasteiger partial charge in [-0.15, -0.1) is 0 Å². The summed E-state index contributed by atoms with van der Waals surface area (Å²) in [6, 6.07) is 0. The van der Waals surface area contributed by atoms with E-state index in [0.717, 1.165) is 0 Å². The molecular formula is C29H58N2. The number of unbranched alkanes of at least 4 members (excludes halogenated alkanes) is 17. The quantitative estimate of drug-likeness (QED) is 0.148. The second-order valence-electron chi connectivity index (χ2n) is 10.1. The Labute approximate surface area is 197 Å². The molecule has 0 saturated carbocycles. The van der Waals surface area contributed by atoms with E-state index in [1.807, 2.05) is 0 Å². The van der Waals surface area contributed by atoms with Gasteiger partial charge >= 0.3 is 0 Å². The lowest BCUT2D eigenvalue weighted by Crippen LogP contribution is -2.39. The molecule has 1 heterocycles. The Balaban J connectivity index is 2.27. The van der Waals surface area contributed by atoms with Crippen LogP contribution in [0.4, 0.5) is 0 Å². The van der Waals surface area contributed by atoms with Gasteiger partial charge in [-0.25, -0.2) is 0 Å². The molecule has 0 fully saturated rings. The van der Waals surface area contributed by atoms with Gasteiger partial charge in [-0.05, 0) is 25.7 Å². The third-order valence-corrected chi connectivity index (χ3v) is 7.07. The first kappa shape index (κ1) is 28.4. The summed E-state index contributed by atoms with van der Waals surface area (Å²) in [7, 11) is 0. The molecule has 0 aromatic heterocycles. The summed E-state index contributed by atoms with van der Waals surface area (Å²) in [5, 5.41) is 0. The first-order chi connectivity index (χ1) is 15.3. The second kappa shape index (κ2) is 21.2. The summed E-state index contributed by atoms with van der Waals surface area (Å²) in [5.74, 6) is 0. The normalized spacial score (nSPS) is 16.0. The van der Waals surface area contributed by atoms with E-state index in [2.05, 4.69) is 43.0 Å². The van der Waals surface area contributed by atoms with Crippen LogP contribution in [0.25, 0.3) is 0 Å². The predicted molar refractivity (Wildman–Crippen MR) is 140 cm³/mol. The second-order valence-corrected chi connectivity index (χ2v) is 10.1. The van der Waals surface area contributed by atoms with Gasteiger partial charge in [0.1, 0.15) is 6.17 Å². The van der Waals surface area contributed by atoms with Crippen molar-refractivity contribution in [2.75, 3.05) is 13.1 Å². The molecule has 2 heteroatoms. The van der Waals surface area contributed by atoms with Gasteiger partial charge in [0.25, 0.3) is 0 Å². The zero-order valence-electron chi connectivity index (χ0n) is 21.9. The first-order valence-corrected chi connectivity index (χ1v) is 14.5. The molecular weight excluding hydrogens is 376 g/mol. The van der Waals surface area contributed by atoms with E-state index in [9.17, 15) is 0 Å². The van der Waals surface area contributed by atoms with Crippen LogP contribution < -0.4 is 0 Å². The van der Waals surface area contributed by atoms with Gasteiger partial charge in [0, 0.05) is 25.5 Å². The van der Waals surface area contributed by atoms with Crippen molar-refractivity contribution in [3.63, 3.8) is 0 Å². The Morgan fingerprint density at radius 2 is 0.742 bits per heavy atom. The fourth-order valence-electron chi connectivity index (χ4n) is 4.95. The summed E-state index contributed by atoms with van der Waals surface area (Å²) >= 11 is 0. The SMILES string of the molecule is CCCCCCCCCCN1C=CN(CCCCCCCCC)C1CCCCCCC. The lowest BCUT2D eigenvalue weighted by atomic mass is 10.1. The standard InChI is InChI=1S/C29H58N2/c1-4-7-10-13-15-17-20-23-26-31-28-27-30(25-22-19-16-14-11-8-5-2)29(31)24-21-18-12-9-6-3/h27-29H,4-26H2,1-3H3. The molecule has 1 aliphatic rings. The van der Waals surface area contributed by atoms with E-state index in [-0.39, 0.29) is 0 Å². The highest BCUT2D eigenvalue weighted by molar-refractivity contribution is 4.97. The molecule has 0 aromatic rings. The molecule has 184 valence electrons. The van der Waals surface area contributed by atoms with Gasteiger partial charge in [0.2, 0.25) is 0 Å². The molecule has 0 N–H and O–H groups in total. The maximum Gasteiger partial charge on any atom is 0.101 e. The van der Waals surface area contributed by atoms with Crippen LogP contribution in [0.3, 0.4) is 0 Å². The number of rotatable bonds is 23. The summed E-state index contributed by atoms with van der Waals surface area (Å²) in [4.78, 5) is 5.36.